The molecule has 1 rings (SSSR count). The van der Waals surface area contributed by atoms with Gasteiger partial charge in [0.2, 0.25) is 0 Å². The van der Waals surface area contributed by atoms with E-state index in [2.05, 4.69) is 0 Å². The summed E-state index contributed by atoms with van der Waals surface area (Å²) < 4.78 is 0. The van der Waals surface area contributed by atoms with Gasteiger partial charge in [-0.1, -0.05) is 20.8 Å². The van der Waals surface area contributed by atoms with Gasteiger partial charge < -0.3 is 10.2 Å². The van der Waals surface area contributed by atoms with Crippen molar-refractivity contribution in [3.8, 4) is 5.75 Å². The lowest BCUT2D eigenvalue weighted by Crippen LogP contribution is -2.17. The monoisotopic (exact) mass is 222 g/mol. The molecule has 0 unspecified atom stereocenters. The van der Waals surface area contributed by atoms with Crippen LogP contribution in [0, 0.1) is 6.92 Å². The van der Waals surface area contributed by atoms with E-state index in [1.807, 2.05) is 20.8 Å². The van der Waals surface area contributed by atoms with Gasteiger partial charge in [-0.05, 0) is 36.5 Å². The van der Waals surface area contributed by atoms with E-state index in [0.29, 0.717) is 11.1 Å². The predicted octanol–water partition coefficient (Wildman–Crippen LogP) is 3.09. The second-order valence-electron chi connectivity index (χ2n) is 4.73. The Bertz CT molecular complexity index is 419. The van der Waals surface area contributed by atoms with Crippen molar-refractivity contribution < 1.29 is 15.0 Å². The summed E-state index contributed by atoms with van der Waals surface area (Å²) in [6.45, 7) is 7.72. The molecule has 1 aromatic rings. The van der Waals surface area contributed by atoms with Gasteiger partial charge in [0.25, 0.3) is 0 Å². The van der Waals surface area contributed by atoms with Crippen molar-refractivity contribution in [2.45, 2.75) is 39.5 Å². The Labute approximate surface area is 95.7 Å². The number of carboxylic acids is 1. The molecule has 0 heterocycles. The maximum atomic E-state index is 11.0. The van der Waals surface area contributed by atoms with Crippen molar-refractivity contribution in [1.29, 1.82) is 0 Å². The van der Waals surface area contributed by atoms with Gasteiger partial charge in [0.15, 0.2) is 0 Å². The third kappa shape index (κ3) is 2.18. The lowest BCUT2D eigenvalue weighted by molar-refractivity contribution is 0.0696. The van der Waals surface area contributed by atoms with Crippen molar-refractivity contribution in [3.05, 3.63) is 28.8 Å². The van der Waals surface area contributed by atoms with E-state index in [9.17, 15) is 9.90 Å². The van der Waals surface area contributed by atoms with Crippen LogP contribution in [0.3, 0.4) is 0 Å². The molecule has 0 amide bonds. The summed E-state index contributed by atoms with van der Waals surface area (Å²) in [5.74, 6) is -0.756. The quantitative estimate of drug-likeness (QED) is 0.826. The summed E-state index contributed by atoms with van der Waals surface area (Å²) in [7, 11) is 0. The minimum atomic E-state index is -0.962. The Morgan fingerprint density at radius 3 is 2.38 bits per heavy atom. The number of phenolic OH excluding ortho intramolecular Hbond substituents is 1. The van der Waals surface area contributed by atoms with E-state index in [1.54, 1.807) is 13.0 Å². The number of carboxylic acid groups (broad SMARTS) is 1. The SMILES string of the molecule is CCC(C)(C)c1cc(C(=O)O)cc(C)c1O. The normalized spacial score (nSPS) is 11.5. The van der Waals surface area contributed by atoms with E-state index in [1.165, 1.54) is 6.07 Å². The lowest BCUT2D eigenvalue weighted by atomic mass is 9.80. The zero-order valence-electron chi connectivity index (χ0n) is 10.2. The highest BCUT2D eigenvalue weighted by Gasteiger charge is 2.24. The minimum Gasteiger partial charge on any atom is -0.507 e. The van der Waals surface area contributed by atoms with Crippen LogP contribution in [0.25, 0.3) is 0 Å². The molecule has 0 spiro atoms. The van der Waals surface area contributed by atoms with Crippen molar-refractivity contribution in [1.82, 2.24) is 0 Å². The molecular weight excluding hydrogens is 204 g/mol. The van der Waals surface area contributed by atoms with Gasteiger partial charge >= 0.3 is 5.97 Å². The van der Waals surface area contributed by atoms with Crippen LogP contribution in [0.5, 0.6) is 5.75 Å². The first kappa shape index (κ1) is 12.6. The molecule has 0 aromatic heterocycles. The molecule has 0 atom stereocenters. The zero-order valence-corrected chi connectivity index (χ0v) is 10.2. The van der Waals surface area contributed by atoms with E-state index in [4.69, 9.17) is 5.11 Å². The van der Waals surface area contributed by atoms with E-state index in [0.717, 1.165) is 6.42 Å². The minimum absolute atomic E-state index is 0.205. The third-order valence-electron chi connectivity index (χ3n) is 3.16. The average Bonchev–Trinajstić information content (AvgIpc) is 2.21. The van der Waals surface area contributed by atoms with Crippen LogP contribution in [0.4, 0.5) is 0 Å². The largest absolute Gasteiger partial charge is 0.507 e. The highest BCUT2D eigenvalue weighted by Crippen LogP contribution is 2.36. The van der Waals surface area contributed by atoms with Crippen molar-refractivity contribution in [3.63, 3.8) is 0 Å². The van der Waals surface area contributed by atoms with Crippen LogP contribution in [-0.4, -0.2) is 16.2 Å². The van der Waals surface area contributed by atoms with Gasteiger partial charge in [-0.25, -0.2) is 4.79 Å². The van der Waals surface area contributed by atoms with Crippen LogP contribution in [-0.2, 0) is 5.41 Å². The number of hydrogen-bond donors (Lipinski definition) is 2. The van der Waals surface area contributed by atoms with Gasteiger partial charge in [0.05, 0.1) is 5.56 Å². The Hall–Kier alpha value is -1.51. The van der Waals surface area contributed by atoms with Gasteiger partial charge in [-0.15, -0.1) is 0 Å². The molecule has 88 valence electrons. The maximum Gasteiger partial charge on any atom is 0.335 e. The highest BCUT2D eigenvalue weighted by molar-refractivity contribution is 5.88. The number of benzene rings is 1. The molecule has 3 nitrogen and oxygen atoms in total. The van der Waals surface area contributed by atoms with Gasteiger partial charge in [-0.2, -0.15) is 0 Å². The summed E-state index contributed by atoms with van der Waals surface area (Å²) in [5.41, 5.74) is 1.32. The van der Waals surface area contributed by atoms with Crippen LogP contribution < -0.4 is 0 Å². The Balaban J connectivity index is 3.44. The predicted molar refractivity (Wildman–Crippen MR) is 63.1 cm³/mol. The molecule has 2 N–H and O–H groups in total. The topological polar surface area (TPSA) is 57.5 Å². The van der Waals surface area contributed by atoms with E-state index < -0.39 is 5.97 Å². The molecule has 3 heteroatoms. The molecule has 0 saturated heterocycles. The highest BCUT2D eigenvalue weighted by atomic mass is 16.4. The number of rotatable bonds is 3. The third-order valence-corrected chi connectivity index (χ3v) is 3.16. The van der Waals surface area contributed by atoms with Crippen molar-refractivity contribution in [2.75, 3.05) is 0 Å². The fourth-order valence-corrected chi connectivity index (χ4v) is 1.61. The summed E-state index contributed by atoms with van der Waals surface area (Å²) >= 11 is 0. The summed E-state index contributed by atoms with van der Waals surface area (Å²) in [6.07, 6.45) is 0.836. The van der Waals surface area contributed by atoms with Crippen molar-refractivity contribution >= 4 is 5.97 Å². The lowest BCUT2D eigenvalue weighted by Gasteiger charge is -2.25. The molecule has 0 aliphatic carbocycles. The van der Waals surface area contributed by atoms with Crippen LogP contribution in [0.2, 0.25) is 0 Å². The van der Waals surface area contributed by atoms with Crippen LogP contribution in [0.1, 0.15) is 48.7 Å². The maximum absolute atomic E-state index is 11.0. The van der Waals surface area contributed by atoms with Crippen LogP contribution >= 0.6 is 0 Å². The van der Waals surface area contributed by atoms with Crippen molar-refractivity contribution in [2.24, 2.45) is 0 Å². The number of hydrogen-bond acceptors (Lipinski definition) is 2. The zero-order chi connectivity index (χ0) is 12.5. The Morgan fingerprint density at radius 1 is 1.38 bits per heavy atom. The molecular formula is C13H18O3. The van der Waals surface area contributed by atoms with E-state index in [-0.39, 0.29) is 16.7 Å². The standard InChI is InChI=1S/C13H18O3/c1-5-13(3,4)10-7-9(12(15)16)6-8(2)11(10)14/h6-7,14H,5H2,1-4H3,(H,15,16). The van der Waals surface area contributed by atoms with Gasteiger partial charge in [0, 0.05) is 5.56 Å². The molecule has 16 heavy (non-hydrogen) atoms. The molecule has 0 radical (unpaired) electrons. The first-order chi connectivity index (χ1) is 7.29. The average molecular weight is 222 g/mol. The second kappa shape index (κ2) is 4.16. The number of aromatic hydroxyl groups is 1. The fourth-order valence-electron chi connectivity index (χ4n) is 1.61. The molecule has 0 aliphatic heterocycles. The molecule has 0 bridgehead atoms. The van der Waals surface area contributed by atoms with Gasteiger partial charge in [-0.3, -0.25) is 0 Å². The molecule has 0 saturated carbocycles. The number of aromatic carboxylic acids is 1. The number of aryl methyl sites for hydroxylation is 1. The molecule has 1 aromatic carbocycles. The summed E-state index contributed by atoms with van der Waals surface area (Å²) in [6, 6.07) is 3.06. The van der Waals surface area contributed by atoms with E-state index >= 15 is 0 Å². The fraction of sp³-hybridized carbons (Fsp3) is 0.462. The first-order valence-electron chi connectivity index (χ1n) is 5.37. The summed E-state index contributed by atoms with van der Waals surface area (Å²) in [5, 5.41) is 19.0. The van der Waals surface area contributed by atoms with Gasteiger partial charge in [0.1, 0.15) is 5.75 Å². The Kier molecular flexibility index (Phi) is 3.27. The van der Waals surface area contributed by atoms with Crippen LogP contribution in [0.15, 0.2) is 12.1 Å². The second-order valence-corrected chi connectivity index (χ2v) is 4.73. The Morgan fingerprint density at radius 2 is 1.94 bits per heavy atom. The molecule has 0 fully saturated rings. The number of carbonyl (C=O) groups is 1. The number of phenols is 1. The summed E-state index contributed by atoms with van der Waals surface area (Å²) in [4.78, 5) is 11.0. The smallest absolute Gasteiger partial charge is 0.335 e. The molecule has 0 aliphatic rings. The first-order valence-corrected chi connectivity index (χ1v) is 5.37.